The fourth-order valence-corrected chi connectivity index (χ4v) is 5.38. The van der Waals surface area contributed by atoms with Crippen LogP contribution in [0.1, 0.15) is 52.7 Å². The summed E-state index contributed by atoms with van der Waals surface area (Å²) in [5.74, 6) is 2.30. The van der Waals surface area contributed by atoms with Crippen LogP contribution in [0.5, 0.6) is 17.2 Å². The monoisotopic (exact) mass is 458 g/mol. The topological polar surface area (TPSA) is 54.0 Å². The van der Waals surface area contributed by atoms with Crippen molar-refractivity contribution in [2.45, 2.75) is 45.1 Å². The Kier molecular flexibility index (Phi) is 5.94. The van der Waals surface area contributed by atoms with Crippen LogP contribution < -0.4 is 14.2 Å². The average molecular weight is 459 g/mol. The van der Waals surface area contributed by atoms with Crippen molar-refractivity contribution in [2.75, 3.05) is 20.8 Å². The van der Waals surface area contributed by atoms with E-state index >= 15 is 0 Å². The van der Waals surface area contributed by atoms with Gasteiger partial charge in [0, 0.05) is 17.5 Å². The van der Waals surface area contributed by atoms with Gasteiger partial charge in [-0.3, -0.25) is 4.79 Å². The van der Waals surface area contributed by atoms with Gasteiger partial charge < -0.3 is 18.9 Å². The lowest BCUT2D eigenvalue weighted by Gasteiger charge is -2.18. The molecule has 0 radical (unpaired) electrons. The third-order valence-electron chi connectivity index (χ3n) is 7.11. The van der Waals surface area contributed by atoms with Crippen LogP contribution in [0.4, 0.5) is 0 Å². The van der Waals surface area contributed by atoms with Crippen LogP contribution in [-0.2, 0) is 16.0 Å². The zero-order valence-corrected chi connectivity index (χ0v) is 20.1. The minimum absolute atomic E-state index is 0.00788. The Morgan fingerprint density at radius 3 is 2.71 bits per heavy atom. The van der Waals surface area contributed by atoms with Crippen molar-refractivity contribution in [1.29, 1.82) is 0 Å². The molecule has 0 amide bonds. The highest BCUT2D eigenvalue weighted by molar-refractivity contribution is 5.77. The number of benzene rings is 3. The van der Waals surface area contributed by atoms with Gasteiger partial charge in [-0.05, 0) is 72.2 Å². The van der Waals surface area contributed by atoms with Gasteiger partial charge in [-0.1, -0.05) is 30.3 Å². The molecule has 0 aromatic heterocycles. The standard InChI is InChI=1S/C29H30O5/c1-17-8-12-25(31-3)18(2)29(17)24-7-5-6-23-22(24)11-13-26(23)34-20-9-10-21-19(14-28(30)32-4)16-33-27(21)15-20/h5-10,12,15,19,26H,11,13-14,16H2,1-4H3/t19?,26-/m1/s1. The van der Waals surface area contributed by atoms with Crippen LogP contribution >= 0.6 is 0 Å². The second kappa shape index (κ2) is 9.05. The minimum Gasteiger partial charge on any atom is -0.496 e. The summed E-state index contributed by atoms with van der Waals surface area (Å²) in [7, 11) is 3.14. The largest absolute Gasteiger partial charge is 0.496 e. The maximum Gasteiger partial charge on any atom is 0.306 e. The molecule has 3 aromatic carbocycles. The van der Waals surface area contributed by atoms with Crippen molar-refractivity contribution >= 4 is 5.97 Å². The smallest absolute Gasteiger partial charge is 0.306 e. The Morgan fingerprint density at radius 2 is 1.91 bits per heavy atom. The number of hydrogen-bond acceptors (Lipinski definition) is 5. The highest BCUT2D eigenvalue weighted by Gasteiger charge is 2.30. The van der Waals surface area contributed by atoms with E-state index < -0.39 is 0 Å². The summed E-state index contributed by atoms with van der Waals surface area (Å²) < 4.78 is 22.7. The fraction of sp³-hybridized carbons (Fsp3) is 0.345. The molecule has 0 saturated carbocycles. The van der Waals surface area contributed by atoms with Crippen LogP contribution in [0.3, 0.4) is 0 Å². The molecular formula is C29H30O5. The first-order valence-corrected chi connectivity index (χ1v) is 11.8. The number of rotatable bonds is 6. The van der Waals surface area contributed by atoms with E-state index in [0.29, 0.717) is 13.0 Å². The molecule has 5 heteroatoms. The number of aryl methyl sites for hydroxylation is 1. The molecule has 1 aliphatic carbocycles. The van der Waals surface area contributed by atoms with Crippen LogP contribution in [0.15, 0.2) is 48.5 Å². The lowest BCUT2D eigenvalue weighted by Crippen LogP contribution is -2.09. The van der Waals surface area contributed by atoms with Crippen molar-refractivity contribution in [3.05, 3.63) is 76.3 Å². The highest BCUT2D eigenvalue weighted by atomic mass is 16.5. The van der Waals surface area contributed by atoms with Crippen molar-refractivity contribution in [1.82, 2.24) is 0 Å². The maximum atomic E-state index is 11.7. The van der Waals surface area contributed by atoms with E-state index in [-0.39, 0.29) is 18.0 Å². The van der Waals surface area contributed by atoms with E-state index in [2.05, 4.69) is 38.1 Å². The van der Waals surface area contributed by atoms with Crippen LogP contribution in [0.2, 0.25) is 0 Å². The summed E-state index contributed by atoms with van der Waals surface area (Å²) in [5.41, 5.74) is 8.55. The van der Waals surface area contributed by atoms with Crippen LogP contribution in [0, 0.1) is 13.8 Å². The number of methoxy groups -OCH3 is 2. The molecule has 3 aromatic rings. The molecular weight excluding hydrogens is 428 g/mol. The predicted octanol–water partition coefficient (Wildman–Crippen LogP) is 6.08. The summed E-state index contributed by atoms with van der Waals surface area (Å²) in [6, 6.07) is 16.6. The summed E-state index contributed by atoms with van der Waals surface area (Å²) in [6.07, 6.45) is 2.21. The van der Waals surface area contributed by atoms with E-state index in [1.807, 2.05) is 24.3 Å². The molecule has 176 valence electrons. The first kappa shape index (κ1) is 22.3. The zero-order chi connectivity index (χ0) is 23.8. The van der Waals surface area contributed by atoms with E-state index in [4.69, 9.17) is 18.9 Å². The van der Waals surface area contributed by atoms with Crippen molar-refractivity contribution in [2.24, 2.45) is 0 Å². The molecule has 34 heavy (non-hydrogen) atoms. The van der Waals surface area contributed by atoms with Gasteiger partial charge in [0.15, 0.2) is 0 Å². The van der Waals surface area contributed by atoms with Gasteiger partial charge in [-0.15, -0.1) is 0 Å². The van der Waals surface area contributed by atoms with E-state index in [1.54, 1.807) is 7.11 Å². The molecule has 1 heterocycles. The van der Waals surface area contributed by atoms with E-state index in [1.165, 1.54) is 34.9 Å². The second-order valence-electron chi connectivity index (χ2n) is 9.09. The quantitative estimate of drug-likeness (QED) is 0.419. The Balaban J connectivity index is 1.41. The van der Waals surface area contributed by atoms with Gasteiger partial charge in [0.25, 0.3) is 0 Å². The first-order chi connectivity index (χ1) is 16.5. The number of carbonyl (C=O) groups excluding carboxylic acids is 1. The highest BCUT2D eigenvalue weighted by Crippen LogP contribution is 2.44. The predicted molar refractivity (Wildman–Crippen MR) is 131 cm³/mol. The third kappa shape index (κ3) is 3.89. The van der Waals surface area contributed by atoms with E-state index in [9.17, 15) is 4.79 Å². The number of carbonyl (C=O) groups is 1. The lowest BCUT2D eigenvalue weighted by molar-refractivity contribution is -0.141. The van der Waals surface area contributed by atoms with Crippen molar-refractivity contribution in [3.63, 3.8) is 0 Å². The average Bonchev–Trinajstić information content (AvgIpc) is 3.43. The Labute approximate surface area is 200 Å². The SMILES string of the molecule is COC(=O)CC1COc2cc(O[C@@H]3CCc4c(-c5c(C)ccc(OC)c5C)cccc43)ccc21. The molecule has 5 rings (SSSR count). The van der Waals surface area contributed by atoms with Crippen LogP contribution in [-0.4, -0.2) is 26.8 Å². The van der Waals surface area contributed by atoms with Gasteiger partial charge in [0.2, 0.25) is 0 Å². The lowest BCUT2D eigenvalue weighted by atomic mass is 9.90. The summed E-state index contributed by atoms with van der Waals surface area (Å²) in [5, 5.41) is 0. The Bertz CT molecular complexity index is 1250. The summed E-state index contributed by atoms with van der Waals surface area (Å²) >= 11 is 0. The molecule has 2 aliphatic rings. The number of fused-ring (bicyclic) bond motifs is 2. The number of ether oxygens (including phenoxy) is 4. The van der Waals surface area contributed by atoms with Gasteiger partial charge in [-0.2, -0.15) is 0 Å². The minimum atomic E-state index is -0.221. The van der Waals surface area contributed by atoms with Gasteiger partial charge in [0.1, 0.15) is 23.4 Å². The molecule has 1 unspecified atom stereocenters. The summed E-state index contributed by atoms with van der Waals surface area (Å²) in [6.45, 7) is 4.77. The van der Waals surface area contributed by atoms with Gasteiger partial charge >= 0.3 is 5.97 Å². The van der Waals surface area contributed by atoms with E-state index in [0.717, 1.165) is 41.2 Å². The molecule has 0 N–H and O–H groups in total. The first-order valence-electron chi connectivity index (χ1n) is 11.8. The third-order valence-corrected chi connectivity index (χ3v) is 7.11. The van der Waals surface area contributed by atoms with Crippen molar-refractivity contribution < 1.29 is 23.7 Å². The molecule has 1 aliphatic heterocycles. The van der Waals surface area contributed by atoms with Crippen molar-refractivity contribution in [3.8, 4) is 28.4 Å². The number of esters is 1. The molecule has 2 atom stereocenters. The second-order valence-corrected chi connectivity index (χ2v) is 9.09. The van der Waals surface area contributed by atoms with Crippen LogP contribution in [0.25, 0.3) is 11.1 Å². The zero-order valence-electron chi connectivity index (χ0n) is 20.1. The summed E-state index contributed by atoms with van der Waals surface area (Å²) in [4.78, 5) is 11.7. The molecule has 5 nitrogen and oxygen atoms in total. The normalized spacial score (nSPS) is 18.1. The maximum absolute atomic E-state index is 11.7. The molecule has 0 fully saturated rings. The molecule has 0 spiro atoms. The fourth-order valence-electron chi connectivity index (χ4n) is 5.38. The van der Waals surface area contributed by atoms with Gasteiger partial charge in [-0.25, -0.2) is 0 Å². The molecule has 0 bridgehead atoms. The number of hydrogen-bond donors (Lipinski definition) is 0. The molecule has 0 saturated heterocycles. The van der Waals surface area contributed by atoms with Gasteiger partial charge in [0.05, 0.1) is 27.2 Å². The Morgan fingerprint density at radius 1 is 1.06 bits per heavy atom. The Hall–Kier alpha value is -3.47.